The first-order valence-corrected chi connectivity index (χ1v) is 11.3. The van der Waals surface area contributed by atoms with Crippen molar-refractivity contribution in [1.29, 1.82) is 0 Å². The first-order valence-electron chi connectivity index (χ1n) is 9.46. The zero-order valence-electron chi connectivity index (χ0n) is 17.1. The van der Waals surface area contributed by atoms with Gasteiger partial charge in [-0.05, 0) is 30.7 Å². The molecule has 0 aliphatic heterocycles. The minimum Gasteiger partial charge on any atom is -0.497 e. The van der Waals surface area contributed by atoms with Crippen LogP contribution in [-0.4, -0.2) is 57.4 Å². The number of thioether (sulfide) groups is 1. The Morgan fingerprint density at radius 3 is 2.67 bits per heavy atom. The second-order valence-electron chi connectivity index (χ2n) is 6.23. The summed E-state index contributed by atoms with van der Waals surface area (Å²) in [4.78, 5) is 12.4. The number of hydrogen-bond acceptors (Lipinski definition) is 9. The van der Waals surface area contributed by atoms with Gasteiger partial charge in [-0.3, -0.25) is 10.1 Å². The molecule has 3 aromatic rings. The molecule has 30 heavy (non-hydrogen) atoms. The van der Waals surface area contributed by atoms with E-state index in [4.69, 9.17) is 9.47 Å². The van der Waals surface area contributed by atoms with Gasteiger partial charge in [-0.25, -0.2) is 0 Å². The molecule has 0 aliphatic carbocycles. The van der Waals surface area contributed by atoms with Crippen molar-refractivity contribution < 1.29 is 14.3 Å². The summed E-state index contributed by atoms with van der Waals surface area (Å²) < 4.78 is 12.3. The Morgan fingerprint density at radius 1 is 1.17 bits per heavy atom. The summed E-state index contributed by atoms with van der Waals surface area (Å²) in [6.07, 6.45) is 1.64. The largest absolute Gasteiger partial charge is 0.497 e. The topological polar surface area (TPSA) is 104 Å². The number of rotatable bonds is 11. The van der Waals surface area contributed by atoms with Gasteiger partial charge < -0.3 is 14.0 Å². The molecule has 0 atom stereocenters. The zero-order chi connectivity index (χ0) is 21.3. The first kappa shape index (κ1) is 22.2. The summed E-state index contributed by atoms with van der Waals surface area (Å²) in [5, 5.41) is 21.4. The predicted octanol–water partition coefficient (Wildman–Crippen LogP) is 3.13. The lowest BCUT2D eigenvalue weighted by atomic mass is 10.2. The number of nitrogens with one attached hydrogen (secondary N) is 1. The molecule has 0 saturated carbocycles. The number of carbonyl (C=O) groups excluding carboxylic acids is 1. The van der Waals surface area contributed by atoms with Gasteiger partial charge in [0.15, 0.2) is 5.16 Å². The zero-order valence-corrected chi connectivity index (χ0v) is 18.8. The summed E-state index contributed by atoms with van der Waals surface area (Å²) >= 11 is 2.68. The number of aromatic nitrogens is 5. The lowest BCUT2D eigenvalue weighted by molar-refractivity contribution is -0.113. The smallest absolute Gasteiger partial charge is 0.236 e. The molecule has 1 amide bonds. The standard InChI is InChI=1S/C19H24N6O3S2/c1-4-15-21-24-19(25(15)10-5-11-27-2)29-12-16(26)20-18-23-22-17(30-18)13-6-8-14(28-3)9-7-13/h6-9H,4-5,10-12H2,1-3H3,(H,20,23,26). The maximum Gasteiger partial charge on any atom is 0.236 e. The monoisotopic (exact) mass is 448 g/mol. The number of anilines is 1. The molecule has 2 heterocycles. The number of carbonyl (C=O) groups is 1. The van der Waals surface area contributed by atoms with Crippen LogP contribution in [0.5, 0.6) is 5.75 Å². The van der Waals surface area contributed by atoms with Crippen molar-refractivity contribution in [2.45, 2.75) is 31.5 Å². The van der Waals surface area contributed by atoms with Crippen LogP contribution < -0.4 is 10.1 Å². The number of methoxy groups -OCH3 is 2. The van der Waals surface area contributed by atoms with E-state index in [2.05, 4.69) is 25.7 Å². The van der Waals surface area contributed by atoms with Crippen LogP contribution in [0.2, 0.25) is 0 Å². The number of benzene rings is 1. The predicted molar refractivity (Wildman–Crippen MR) is 117 cm³/mol. The molecule has 0 spiro atoms. The lowest BCUT2D eigenvalue weighted by Crippen LogP contribution is -2.15. The van der Waals surface area contributed by atoms with Gasteiger partial charge in [0.1, 0.15) is 16.6 Å². The van der Waals surface area contributed by atoms with Crippen LogP contribution in [0, 0.1) is 0 Å². The van der Waals surface area contributed by atoms with E-state index in [0.29, 0.717) is 11.7 Å². The number of hydrogen-bond donors (Lipinski definition) is 1. The van der Waals surface area contributed by atoms with Crippen LogP contribution in [0.25, 0.3) is 10.6 Å². The van der Waals surface area contributed by atoms with Crippen molar-refractivity contribution in [3.05, 3.63) is 30.1 Å². The van der Waals surface area contributed by atoms with Gasteiger partial charge in [0.2, 0.25) is 11.0 Å². The Balaban J connectivity index is 1.56. The summed E-state index contributed by atoms with van der Waals surface area (Å²) in [5.74, 6) is 1.73. The molecule has 3 rings (SSSR count). The number of amides is 1. The normalized spacial score (nSPS) is 10.9. The second kappa shape index (κ2) is 11.0. The van der Waals surface area contributed by atoms with E-state index in [9.17, 15) is 4.79 Å². The summed E-state index contributed by atoms with van der Waals surface area (Å²) in [7, 11) is 3.30. The quantitative estimate of drug-likeness (QED) is 0.352. The fourth-order valence-corrected chi connectivity index (χ4v) is 4.24. The number of aryl methyl sites for hydroxylation is 1. The molecule has 0 radical (unpaired) electrons. The van der Waals surface area contributed by atoms with Crippen molar-refractivity contribution in [3.8, 4) is 16.3 Å². The van der Waals surface area contributed by atoms with Gasteiger partial charge in [0.25, 0.3) is 0 Å². The Morgan fingerprint density at radius 2 is 1.97 bits per heavy atom. The van der Waals surface area contributed by atoms with Crippen molar-refractivity contribution in [2.75, 3.05) is 31.9 Å². The maximum absolute atomic E-state index is 12.4. The van der Waals surface area contributed by atoms with E-state index in [1.165, 1.54) is 23.1 Å². The molecule has 0 fully saturated rings. The van der Waals surface area contributed by atoms with E-state index in [-0.39, 0.29) is 11.7 Å². The van der Waals surface area contributed by atoms with Crippen LogP contribution in [0.15, 0.2) is 29.4 Å². The van der Waals surface area contributed by atoms with Gasteiger partial charge in [-0.15, -0.1) is 20.4 Å². The highest BCUT2D eigenvalue weighted by Gasteiger charge is 2.15. The first-order chi connectivity index (χ1) is 14.6. The average Bonchev–Trinajstić information content (AvgIpc) is 3.39. The average molecular weight is 449 g/mol. The number of ether oxygens (including phenoxy) is 2. The molecular weight excluding hydrogens is 424 g/mol. The third kappa shape index (κ3) is 5.77. The molecule has 0 unspecified atom stereocenters. The van der Waals surface area contributed by atoms with Gasteiger partial charge >= 0.3 is 0 Å². The van der Waals surface area contributed by atoms with E-state index >= 15 is 0 Å². The molecule has 0 saturated heterocycles. The number of nitrogens with zero attached hydrogens (tertiary/aromatic N) is 5. The van der Waals surface area contributed by atoms with Gasteiger partial charge in [-0.2, -0.15) is 0 Å². The molecule has 0 bridgehead atoms. The fourth-order valence-electron chi connectivity index (χ4n) is 2.69. The SMILES string of the molecule is CCc1nnc(SCC(=O)Nc2nnc(-c3ccc(OC)cc3)s2)n1CCCOC. The van der Waals surface area contributed by atoms with E-state index in [1.54, 1.807) is 14.2 Å². The maximum atomic E-state index is 12.4. The summed E-state index contributed by atoms with van der Waals surface area (Å²) in [6, 6.07) is 7.53. The highest BCUT2D eigenvalue weighted by atomic mass is 32.2. The molecule has 160 valence electrons. The van der Waals surface area contributed by atoms with Gasteiger partial charge in [0, 0.05) is 32.2 Å². The van der Waals surface area contributed by atoms with E-state index in [1.807, 2.05) is 35.8 Å². The molecule has 0 aliphatic rings. The Hall–Kier alpha value is -2.50. The lowest BCUT2D eigenvalue weighted by Gasteiger charge is -2.08. The highest BCUT2D eigenvalue weighted by molar-refractivity contribution is 7.99. The van der Waals surface area contributed by atoms with Crippen LogP contribution in [0.3, 0.4) is 0 Å². The third-order valence-corrected chi connectivity index (χ3v) is 6.04. The van der Waals surface area contributed by atoms with Crippen molar-refractivity contribution in [3.63, 3.8) is 0 Å². The van der Waals surface area contributed by atoms with Crippen molar-refractivity contribution >= 4 is 34.1 Å². The third-order valence-electron chi connectivity index (χ3n) is 4.18. The van der Waals surface area contributed by atoms with Crippen molar-refractivity contribution in [1.82, 2.24) is 25.0 Å². The molecule has 9 nitrogen and oxygen atoms in total. The van der Waals surface area contributed by atoms with Crippen LogP contribution in [0.4, 0.5) is 5.13 Å². The van der Waals surface area contributed by atoms with E-state index < -0.39 is 0 Å². The molecule has 2 aromatic heterocycles. The van der Waals surface area contributed by atoms with Gasteiger partial charge in [-0.1, -0.05) is 30.0 Å². The summed E-state index contributed by atoms with van der Waals surface area (Å²) in [6.45, 7) is 3.46. The van der Waals surface area contributed by atoms with Gasteiger partial charge in [0.05, 0.1) is 12.9 Å². The molecule has 1 aromatic carbocycles. The Bertz CT molecular complexity index is 958. The highest BCUT2D eigenvalue weighted by Crippen LogP contribution is 2.28. The Kier molecular flexibility index (Phi) is 8.17. The minimum atomic E-state index is -0.165. The molecule has 1 N–H and O–H groups in total. The van der Waals surface area contributed by atoms with Crippen LogP contribution >= 0.6 is 23.1 Å². The Labute approximate surface area is 183 Å². The minimum absolute atomic E-state index is 0.165. The van der Waals surface area contributed by atoms with E-state index in [0.717, 1.165) is 46.7 Å². The molecule has 11 heteroatoms. The molecular formula is C19H24N6O3S2. The van der Waals surface area contributed by atoms with Crippen LogP contribution in [-0.2, 0) is 22.5 Å². The van der Waals surface area contributed by atoms with Crippen LogP contribution in [0.1, 0.15) is 19.2 Å². The fraction of sp³-hybridized carbons (Fsp3) is 0.421. The summed E-state index contributed by atoms with van der Waals surface area (Å²) in [5.41, 5.74) is 0.916. The van der Waals surface area contributed by atoms with Crippen molar-refractivity contribution in [2.24, 2.45) is 0 Å². The second-order valence-corrected chi connectivity index (χ2v) is 8.15.